The fourth-order valence-electron chi connectivity index (χ4n) is 1.18. The number of anilines is 1. The van der Waals surface area contributed by atoms with Gasteiger partial charge < -0.3 is 10.5 Å². The third-order valence-electron chi connectivity index (χ3n) is 1.90. The zero-order chi connectivity index (χ0) is 12.7. The van der Waals surface area contributed by atoms with Crippen molar-refractivity contribution in [3.63, 3.8) is 0 Å². The Morgan fingerprint density at radius 1 is 1.44 bits per heavy atom. The second-order valence-corrected chi connectivity index (χ2v) is 4.07. The second kappa shape index (κ2) is 8.72. The molecular weight excluding hydrogens is 320 g/mol. The van der Waals surface area contributed by atoms with Gasteiger partial charge in [-0.05, 0) is 25.1 Å². The number of nitrogens with two attached hydrogens (primary N) is 1. The van der Waals surface area contributed by atoms with Crippen molar-refractivity contribution < 1.29 is 9.53 Å². The topological polar surface area (TPSA) is 65.2 Å². The number of rotatable bonds is 2. The van der Waals surface area contributed by atoms with Crippen molar-refractivity contribution in [1.82, 2.24) is 4.98 Å². The number of carbonyl (C=O) groups is 1. The molecule has 1 aromatic carbocycles. The quantitative estimate of drug-likeness (QED) is 0.857. The molecule has 0 aliphatic rings. The number of nitrogen functional groups attached to an aromatic ring is 1. The van der Waals surface area contributed by atoms with Gasteiger partial charge in [-0.3, -0.25) is 9.78 Å². The number of benzene rings is 1. The Labute approximate surface area is 120 Å². The number of pyridine rings is 1. The van der Waals surface area contributed by atoms with Gasteiger partial charge in [-0.15, -0.1) is 12.4 Å². The summed E-state index contributed by atoms with van der Waals surface area (Å²) in [6.45, 7) is 2.66. The Morgan fingerprint density at radius 3 is 2.72 bits per heavy atom. The van der Waals surface area contributed by atoms with Crippen LogP contribution in [0.1, 0.15) is 6.92 Å². The van der Waals surface area contributed by atoms with E-state index in [-0.39, 0.29) is 12.4 Å². The first-order valence-electron chi connectivity index (χ1n) is 5.03. The van der Waals surface area contributed by atoms with Gasteiger partial charge in [0.15, 0.2) is 0 Å². The second-order valence-electron chi connectivity index (χ2n) is 3.16. The van der Waals surface area contributed by atoms with Crippen LogP contribution in [0.4, 0.5) is 5.69 Å². The highest BCUT2D eigenvalue weighted by Gasteiger charge is 1.95. The van der Waals surface area contributed by atoms with Crippen LogP contribution < -0.4 is 5.73 Å². The van der Waals surface area contributed by atoms with Crippen LogP contribution in [0.3, 0.4) is 0 Å². The first-order chi connectivity index (χ1) is 8.17. The predicted octanol–water partition coefficient (Wildman–Crippen LogP) is 3.18. The van der Waals surface area contributed by atoms with Gasteiger partial charge in [0.25, 0.3) is 6.47 Å². The first-order valence-corrected chi connectivity index (χ1v) is 5.82. The Kier molecular flexibility index (Phi) is 8.07. The molecule has 0 saturated heterocycles. The van der Waals surface area contributed by atoms with Gasteiger partial charge in [-0.2, -0.15) is 0 Å². The summed E-state index contributed by atoms with van der Waals surface area (Å²) in [5.41, 5.74) is 7.24. The van der Waals surface area contributed by atoms with Crippen molar-refractivity contribution in [1.29, 1.82) is 0 Å². The van der Waals surface area contributed by atoms with Crippen LogP contribution in [0.2, 0.25) is 0 Å². The lowest BCUT2D eigenvalue weighted by molar-refractivity contribution is -0.128. The predicted molar refractivity (Wildman–Crippen MR) is 78.8 cm³/mol. The van der Waals surface area contributed by atoms with Crippen LogP contribution in [0.25, 0.3) is 10.9 Å². The summed E-state index contributed by atoms with van der Waals surface area (Å²) < 4.78 is 5.19. The molecule has 0 aliphatic carbocycles. The van der Waals surface area contributed by atoms with E-state index in [0.29, 0.717) is 18.8 Å². The van der Waals surface area contributed by atoms with Crippen LogP contribution in [-0.2, 0) is 9.53 Å². The average molecular weight is 334 g/mol. The molecule has 0 bridgehead atoms. The van der Waals surface area contributed by atoms with E-state index < -0.39 is 0 Å². The van der Waals surface area contributed by atoms with Gasteiger partial charge in [0.05, 0.1) is 24.0 Å². The molecule has 18 heavy (non-hydrogen) atoms. The minimum Gasteiger partial charge on any atom is -0.468 e. The molecule has 0 saturated carbocycles. The number of nitrogens with zero attached hydrogens (tertiary/aromatic N) is 1. The molecule has 0 radical (unpaired) electrons. The Morgan fingerprint density at radius 2 is 2.17 bits per heavy atom. The third-order valence-corrected chi connectivity index (χ3v) is 2.40. The van der Waals surface area contributed by atoms with E-state index in [1.807, 2.05) is 24.3 Å². The number of fused-ring (bicyclic) bond motifs is 1. The van der Waals surface area contributed by atoms with E-state index in [1.54, 1.807) is 13.1 Å². The van der Waals surface area contributed by atoms with Crippen molar-refractivity contribution in [3.8, 4) is 0 Å². The Hall–Kier alpha value is -1.33. The molecule has 6 heteroatoms. The maximum atomic E-state index is 9.18. The van der Waals surface area contributed by atoms with Gasteiger partial charge in [0.2, 0.25) is 0 Å². The summed E-state index contributed by atoms with van der Waals surface area (Å²) in [7, 11) is 0. The summed E-state index contributed by atoms with van der Waals surface area (Å²) in [5, 5.41) is 1.07. The van der Waals surface area contributed by atoms with Crippen LogP contribution in [0.5, 0.6) is 0 Å². The van der Waals surface area contributed by atoms with Gasteiger partial charge in [0.1, 0.15) is 0 Å². The lowest BCUT2D eigenvalue weighted by atomic mass is 10.2. The molecule has 0 atom stereocenters. The smallest absolute Gasteiger partial charge is 0.293 e. The molecule has 2 N–H and O–H groups in total. The van der Waals surface area contributed by atoms with Gasteiger partial charge >= 0.3 is 0 Å². The summed E-state index contributed by atoms with van der Waals surface area (Å²) in [5.74, 6) is 0. The number of halogens is 2. The van der Waals surface area contributed by atoms with E-state index >= 15 is 0 Å². The molecule has 2 rings (SSSR count). The van der Waals surface area contributed by atoms with E-state index in [2.05, 4.69) is 25.7 Å². The fourth-order valence-corrected chi connectivity index (χ4v) is 1.53. The van der Waals surface area contributed by atoms with Crippen molar-refractivity contribution in [2.75, 3.05) is 12.3 Å². The zero-order valence-corrected chi connectivity index (χ0v) is 12.2. The van der Waals surface area contributed by atoms with E-state index in [9.17, 15) is 4.79 Å². The number of carbonyl (C=O) groups excluding carboxylic acids is 1. The van der Waals surface area contributed by atoms with E-state index in [0.717, 1.165) is 15.4 Å². The number of aromatic nitrogens is 1. The SMILES string of the molecule is CCOC=O.Cl.Nc1cnc2cc(Br)ccc2c1. The normalized spacial score (nSPS) is 8.78. The average Bonchev–Trinajstić information content (AvgIpc) is 2.31. The lowest BCUT2D eigenvalue weighted by Crippen LogP contribution is -1.86. The Balaban J connectivity index is 0.000000421. The molecular formula is C12H14BrClN2O2. The Bertz CT molecular complexity index is 467. The van der Waals surface area contributed by atoms with Crippen molar-refractivity contribution >= 4 is 51.4 Å². The number of ether oxygens (including phenoxy) is 1. The minimum absolute atomic E-state index is 0. The monoisotopic (exact) mass is 332 g/mol. The molecule has 98 valence electrons. The first kappa shape index (κ1) is 16.7. The van der Waals surface area contributed by atoms with E-state index in [1.165, 1.54) is 0 Å². The van der Waals surface area contributed by atoms with Crippen LogP contribution in [0.15, 0.2) is 34.9 Å². The van der Waals surface area contributed by atoms with Crippen LogP contribution >= 0.6 is 28.3 Å². The maximum absolute atomic E-state index is 9.18. The molecule has 0 aliphatic heterocycles. The summed E-state index contributed by atoms with van der Waals surface area (Å²) in [4.78, 5) is 13.4. The zero-order valence-electron chi connectivity index (χ0n) is 9.80. The van der Waals surface area contributed by atoms with Gasteiger partial charge in [-0.1, -0.05) is 22.0 Å². The summed E-state index contributed by atoms with van der Waals surface area (Å²) in [6.07, 6.45) is 1.66. The largest absolute Gasteiger partial charge is 0.468 e. The summed E-state index contributed by atoms with van der Waals surface area (Å²) in [6, 6.07) is 7.84. The standard InChI is InChI=1S/C9H7BrN2.C3H6O2.ClH/c10-7-2-1-6-3-8(11)5-12-9(6)4-7;1-2-5-3-4;/h1-5H,11H2;3H,2H2,1H3;1H. The number of hydrogen-bond donors (Lipinski definition) is 1. The highest BCUT2D eigenvalue weighted by molar-refractivity contribution is 9.10. The third kappa shape index (κ3) is 5.33. The van der Waals surface area contributed by atoms with Crippen LogP contribution in [-0.4, -0.2) is 18.1 Å². The number of hydrogen-bond acceptors (Lipinski definition) is 4. The van der Waals surface area contributed by atoms with Gasteiger partial charge in [-0.25, -0.2) is 0 Å². The molecule has 0 spiro atoms. The molecule has 2 aromatic rings. The molecule has 4 nitrogen and oxygen atoms in total. The van der Waals surface area contributed by atoms with Crippen molar-refractivity contribution in [2.45, 2.75) is 6.92 Å². The molecule has 0 amide bonds. The molecule has 0 fully saturated rings. The van der Waals surface area contributed by atoms with Crippen LogP contribution in [0, 0.1) is 0 Å². The van der Waals surface area contributed by atoms with E-state index in [4.69, 9.17) is 5.73 Å². The summed E-state index contributed by atoms with van der Waals surface area (Å²) >= 11 is 3.38. The lowest BCUT2D eigenvalue weighted by Gasteiger charge is -1.98. The highest BCUT2D eigenvalue weighted by Crippen LogP contribution is 2.19. The van der Waals surface area contributed by atoms with Crippen molar-refractivity contribution in [2.24, 2.45) is 0 Å². The fraction of sp³-hybridized carbons (Fsp3) is 0.167. The van der Waals surface area contributed by atoms with Gasteiger partial charge in [0, 0.05) is 9.86 Å². The van der Waals surface area contributed by atoms with Crippen molar-refractivity contribution in [3.05, 3.63) is 34.9 Å². The molecule has 1 aromatic heterocycles. The maximum Gasteiger partial charge on any atom is 0.293 e. The molecule has 0 unspecified atom stereocenters. The highest BCUT2D eigenvalue weighted by atomic mass is 79.9. The molecule has 1 heterocycles. The minimum atomic E-state index is 0.